The number of Topliss-reactive ketones (excluding diaryl/α,β-unsaturated/α-hetero) is 1. The molecule has 1 aromatic heterocycles. The summed E-state index contributed by atoms with van der Waals surface area (Å²) >= 11 is 0. The molecule has 0 amide bonds. The SMILES string of the molecule is COc1ccc2[nH]cc(C(=O)CC3(OC)CCC3)c2c1. The highest BCUT2D eigenvalue weighted by atomic mass is 16.5. The van der Waals surface area contributed by atoms with Crippen LogP contribution in [0.15, 0.2) is 24.4 Å². The lowest BCUT2D eigenvalue weighted by atomic mass is 9.76. The number of carbonyl (C=O) groups excluding carboxylic acids is 1. The number of nitrogens with one attached hydrogen (secondary N) is 1. The Labute approximate surface area is 118 Å². The van der Waals surface area contributed by atoms with Gasteiger partial charge in [0.05, 0.1) is 12.7 Å². The van der Waals surface area contributed by atoms with Crippen molar-refractivity contribution in [3.05, 3.63) is 30.0 Å². The molecule has 0 saturated heterocycles. The van der Waals surface area contributed by atoms with Gasteiger partial charge in [-0.25, -0.2) is 0 Å². The van der Waals surface area contributed by atoms with Crippen LogP contribution in [0.2, 0.25) is 0 Å². The van der Waals surface area contributed by atoms with Crippen molar-refractivity contribution in [2.24, 2.45) is 0 Å². The number of ether oxygens (including phenoxy) is 2. The van der Waals surface area contributed by atoms with Crippen molar-refractivity contribution < 1.29 is 14.3 Å². The Bertz CT molecular complexity index is 635. The first kappa shape index (κ1) is 13.2. The van der Waals surface area contributed by atoms with Gasteiger partial charge in [0.25, 0.3) is 0 Å². The number of methoxy groups -OCH3 is 2. The molecule has 4 heteroatoms. The van der Waals surface area contributed by atoms with E-state index < -0.39 is 0 Å². The van der Waals surface area contributed by atoms with Crippen LogP contribution in [0.4, 0.5) is 0 Å². The number of aromatic nitrogens is 1. The number of fused-ring (bicyclic) bond motifs is 1. The zero-order chi connectivity index (χ0) is 14.2. The molecule has 0 radical (unpaired) electrons. The lowest BCUT2D eigenvalue weighted by molar-refractivity contribution is -0.0704. The molecule has 1 N–H and O–H groups in total. The number of hydrogen-bond donors (Lipinski definition) is 1. The monoisotopic (exact) mass is 273 g/mol. The van der Waals surface area contributed by atoms with Crippen molar-refractivity contribution in [2.45, 2.75) is 31.3 Å². The van der Waals surface area contributed by atoms with E-state index in [0.29, 0.717) is 6.42 Å². The van der Waals surface area contributed by atoms with Gasteiger partial charge in [-0.3, -0.25) is 4.79 Å². The van der Waals surface area contributed by atoms with Gasteiger partial charge in [-0.05, 0) is 37.5 Å². The first-order chi connectivity index (χ1) is 9.67. The molecule has 0 unspecified atom stereocenters. The normalized spacial score (nSPS) is 16.9. The van der Waals surface area contributed by atoms with Crippen molar-refractivity contribution in [2.75, 3.05) is 14.2 Å². The maximum Gasteiger partial charge on any atom is 0.167 e. The Morgan fingerprint density at radius 2 is 2.15 bits per heavy atom. The molecule has 106 valence electrons. The Morgan fingerprint density at radius 1 is 1.35 bits per heavy atom. The molecule has 0 aliphatic heterocycles. The number of H-pyrrole nitrogens is 1. The number of aromatic amines is 1. The maximum atomic E-state index is 12.5. The minimum Gasteiger partial charge on any atom is -0.497 e. The molecule has 1 aromatic carbocycles. The van der Waals surface area contributed by atoms with Crippen LogP contribution in [-0.2, 0) is 4.74 Å². The van der Waals surface area contributed by atoms with E-state index in [4.69, 9.17) is 9.47 Å². The second kappa shape index (κ2) is 4.94. The zero-order valence-electron chi connectivity index (χ0n) is 11.9. The lowest BCUT2D eigenvalue weighted by Crippen LogP contribution is -2.41. The van der Waals surface area contributed by atoms with Crippen LogP contribution in [0.3, 0.4) is 0 Å². The molecule has 4 nitrogen and oxygen atoms in total. The predicted molar refractivity (Wildman–Crippen MR) is 77.4 cm³/mol. The summed E-state index contributed by atoms with van der Waals surface area (Å²) in [6.45, 7) is 0. The van der Waals surface area contributed by atoms with E-state index in [0.717, 1.165) is 41.5 Å². The summed E-state index contributed by atoms with van der Waals surface area (Å²) in [7, 11) is 3.33. The summed E-state index contributed by atoms with van der Waals surface area (Å²) in [5.74, 6) is 0.891. The largest absolute Gasteiger partial charge is 0.497 e. The molecule has 1 fully saturated rings. The minimum atomic E-state index is -0.237. The summed E-state index contributed by atoms with van der Waals surface area (Å²) in [6, 6.07) is 5.72. The van der Waals surface area contributed by atoms with Gasteiger partial charge >= 0.3 is 0 Å². The van der Waals surface area contributed by atoms with Crippen molar-refractivity contribution in [3.63, 3.8) is 0 Å². The van der Waals surface area contributed by atoms with E-state index in [1.807, 2.05) is 18.2 Å². The van der Waals surface area contributed by atoms with Crippen LogP contribution >= 0.6 is 0 Å². The summed E-state index contributed by atoms with van der Waals surface area (Å²) in [5.41, 5.74) is 1.44. The lowest BCUT2D eigenvalue weighted by Gasteiger charge is -2.40. The molecule has 0 spiro atoms. The number of carbonyl (C=O) groups is 1. The van der Waals surface area contributed by atoms with E-state index >= 15 is 0 Å². The van der Waals surface area contributed by atoms with Gasteiger partial charge < -0.3 is 14.5 Å². The molecule has 0 bridgehead atoms. The van der Waals surface area contributed by atoms with Crippen molar-refractivity contribution in [3.8, 4) is 5.75 Å². The highest BCUT2D eigenvalue weighted by Crippen LogP contribution is 2.39. The van der Waals surface area contributed by atoms with Crippen molar-refractivity contribution in [1.29, 1.82) is 0 Å². The van der Waals surface area contributed by atoms with Crippen molar-refractivity contribution in [1.82, 2.24) is 4.98 Å². The third kappa shape index (κ3) is 2.10. The highest BCUT2D eigenvalue weighted by molar-refractivity contribution is 6.08. The van der Waals surface area contributed by atoms with E-state index in [1.54, 1.807) is 20.4 Å². The second-order valence-electron chi connectivity index (χ2n) is 5.45. The fraction of sp³-hybridized carbons (Fsp3) is 0.438. The topological polar surface area (TPSA) is 51.3 Å². The Balaban J connectivity index is 1.91. The summed E-state index contributed by atoms with van der Waals surface area (Å²) in [6.07, 6.45) is 5.33. The predicted octanol–water partition coefficient (Wildman–Crippen LogP) is 3.32. The Hall–Kier alpha value is -1.81. The van der Waals surface area contributed by atoms with Crippen molar-refractivity contribution >= 4 is 16.7 Å². The van der Waals surface area contributed by atoms with Gasteiger partial charge in [0.15, 0.2) is 5.78 Å². The Morgan fingerprint density at radius 3 is 2.75 bits per heavy atom. The van der Waals surface area contributed by atoms with E-state index in [1.165, 1.54) is 0 Å². The molecular weight excluding hydrogens is 254 g/mol. The van der Waals surface area contributed by atoms with Crippen LogP contribution in [0.25, 0.3) is 10.9 Å². The number of rotatable bonds is 5. The fourth-order valence-electron chi connectivity index (χ4n) is 2.87. The number of benzene rings is 1. The maximum absolute atomic E-state index is 12.5. The van der Waals surface area contributed by atoms with E-state index in [-0.39, 0.29) is 11.4 Å². The molecule has 1 aliphatic carbocycles. The molecule has 1 aliphatic rings. The standard InChI is InChI=1S/C16H19NO3/c1-19-11-4-5-14-12(8-11)13(10-17-14)15(18)9-16(20-2)6-3-7-16/h4-5,8,10,17H,3,6-7,9H2,1-2H3. The van der Waals surface area contributed by atoms with Crippen LogP contribution in [-0.4, -0.2) is 30.6 Å². The van der Waals surface area contributed by atoms with Gasteiger partial charge in [-0.15, -0.1) is 0 Å². The summed E-state index contributed by atoms with van der Waals surface area (Å²) in [5, 5.41) is 0.917. The first-order valence-corrected chi connectivity index (χ1v) is 6.91. The average molecular weight is 273 g/mol. The smallest absolute Gasteiger partial charge is 0.167 e. The van der Waals surface area contributed by atoms with E-state index in [9.17, 15) is 4.79 Å². The number of ketones is 1. The van der Waals surface area contributed by atoms with Crippen LogP contribution < -0.4 is 4.74 Å². The third-order valence-electron chi connectivity index (χ3n) is 4.37. The summed E-state index contributed by atoms with van der Waals surface area (Å²) < 4.78 is 10.8. The number of hydrogen-bond acceptors (Lipinski definition) is 3. The Kier molecular flexibility index (Phi) is 3.26. The molecule has 2 aromatic rings. The van der Waals surface area contributed by atoms with Gasteiger partial charge in [0, 0.05) is 36.2 Å². The first-order valence-electron chi connectivity index (χ1n) is 6.91. The zero-order valence-corrected chi connectivity index (χ0v) is 11.9. The van der Waals surface area contributed by atoms with Gasteiger partial charge in [0.2, 0.25) is 0 Å². The fourth-order valence-corrected chi connectivity index (χ4v) is 2.87. The second-order valence-corrected chi connectivity index (χ2v) is 5.45. The molecule has 3 rings (SSSR count). The summed E-state index contributed by atoms with van der Waals surface area (Å²) in [4.78, 5) is 15.7. The molecule has 20 heavy (non-hydrogen) atoms. The van der Waals surface area contributed by atoms with Crippen LogP contribution in [0, 0.1) is 0 Å². The van der Waals surface area contributed by atoms with Gasteiger partial charge in [0.1, 0.15) is 5.75 Å². The third-order valence-corrected chi connectivity index (χ3v) is 4.37. The van der Waals surface area contributed by atoms with Crippen LogP contribution in [0.5, 0.6) is 5.75 Å². The highest BCUT2D eigenvalue weighted by Gasteiger charge is 2.39. The van der Waals surface area contributed by atoms with Gasteiger partial charge in [-0.2, -0.15) is 0 Å². The molecule has 1 saturated carbocycles. The van der Waals surface area contributed by atoms with Crippen LogP contribution in [0.1, 0.15) is 36.0 Å². The quantitative estimate of drug-likeness (QED) is 0.850. The molecule has 0 atom stereocenters. The van der Waals surface area contributed by atoms with Gasteiger partial charge in [-0.1, -0.05) is 0 Å². The van der Waals surface area contributed by atoms with E-state index in [2.05, 4.69) is 4.98 Å². The minimum absolute atomic E-state index is 0.131. The average Bonchev–Trinajstić information content (AvgIpc) is 2.85. The molecule has 1 heterocycles. The molecular formula is C16H19NO3.